The normalized spacial score (nSPS) is 27.3. The summed E-state index contributed by atoms with van der Waals surface area (Å²) >= 11 is 0. The Kier molecular flexibility index (Phi) is 4.94. The monoisotopic (exact) mass is 200 g/mol. The summed E-state index contributed by atoms with van der Waals surface area (Å²) in [7, 11) is 0. The molecule has 0 aromatic carbocycles. The molecule has 0 amide bonds. The van der Waals surface area contributed by atoms with E-state index in [1.54, 1.807) is 0 Å². The van der Waals surface area contributed by atoms with Crippen molar-refractivity contribution >= 4 is 5.97 Å². The SMILES string of the molecule is CCCC(=O)OCC1CCCC(O)C1. The maximum Gasteiger partial charge on any atom is 0.305 e. The van der Waals surface area contributed by atoms with Crippen LogP contribution in [0.2, 0.25) is 0 Å². The molecule has 0 aliphatic heterocycles. The molecule has 1 aliphatic rings. The molecule has 1 fully saturated rings. The predicted octanol–water partition coefficient (Wildman–Crippen LogP) is 1.88. The van der Waals surface area contributed by atoms with Crippen molar-refractivity contribution in [3.8, 4) is 0 Å². The van der Waals surface area contributed by atoms with Crippen molar-refractivity contribution in [2.45, 2.75) is 51.6 Å². The molecule has 82 valence electrons. The van der Waals surface area contributed by atoms with E-state index in [2.05, 4.69) is 0 Å². The molecule has 0 saturated heterocycles. The number of esters is 1. The van der Waals surface area contributed by atoms with Crippen LogP contribution in [0.4, 0.5) is 0 Å². The summed E-state index contributed by atoms with van der Waals surface area (Å²) in [5.41, 5.74) is 0. The largest absolute Gasteiger partial charge is 0.465 e. The van der Waals surface area contributed by atoms with E-state index in [4.69, 9.17) is 4.74 Å². The number of aliphatic hydroxyl groups excluding tert-OH is 1. The van der Waals surface area contributed by atoms with Crippen LogP contribution >= 0.6 is 0 Å². The Morgan fingerprint density at radius 2 is 2.29 bits per heavy atom. The van der Waals surface area contributed by atoms with Crippen LogP contribution < -0.4 is 0 Å². The first-order valence-corrected chi connectivity index (χ1v) is 5.56. The Labute approximate surface area is 85.5 Å². The smallest absolute Gasteiger partial charge is 0.305 e. The Bertz CT molecular complexity index is 179. The molecule has 0 aromatic heterocycles. The summed E-state index contributed by atoms with van der Waals surface area (Å²) in [6, 6.07) is 0. The molecular weight excluding hydrogens is 180 g/mol. The zero-order valence-corrected chi connectivity index (χ0v) is 8.87. The second kappa shape index (κ2) is 6.02. The number of aliphatic hydroxyl groups is 1. The molecule has 14 heavy (non-hydrogen) atoms. The standard InChI is InChI=1S/C11H20O3/c1-2-4-11(13)14-8-9-5-3-6-10(12)7-9/h9-10,12H,2-8H2,1H3. The maximum absolute atomic E-state index is 11.1. The van der Waals surface area contributed by atoms with Gasteiger partial charge < -0.3 is 9.84 Å². The highest BCUT2D eigenvalue weighted by Crippen LogP contribution is 2.24. The maximum atomic E-state index is 11.1. The minimum atomic E-state index is -0.182. The minimum absolute atomic E-state index is 0.104. The molecule has 1 N–H and O–H groups in total. The first-order chi connectivity index (χ1) is 6.72. The average Bonchev–Trinajstić information content (AvgIpc) is 2.15. The highest BCUT2D eigenvalue weighted by Gasteiger charge is 2.21. The van der Waals surface area contributed by atoms with Gasteiger partial charge in [-0.15, -0.1) is 0 Å². The van der Waals surface area contributed by atoms with Crippen molar-refractivity contribution in [3.05, 3.63) is 0 Å². The highest BCUT2D eigenvalue weighted by molar-refractivity contribution is 5.69. The van der Waals surface area contributed by atoms with Gasteiger partial charge in [-0.05, 0) is 31.6 Å². The van der Waals surface area contributed by atoms with E-state index in [0.717, 1.165) is 32.1 Å². The summed E-state index contributed by atoms with van der Waals surface area (Å²) in [5, 5.41) is 9.41. The van der Waals surface area contributed by atoms with Gasteiger partial charge in [-0.2, -0.15) is 0 Å². The lowest BCUT2D eigenvalue weighted by Gasteiger charge is -2.25. The van der Waals surface area contributed by atoms with E-state index in [9.17, 15) is 9.90 Å². The van der Waals surface area contributed by atoms with Crippen molar-refractivity contribution in [2.75, 3.05) is 6.61 Å². The zero-order valence-electron chi connectivity index (χ0n) is 8.87. The van der Waals surface area contributed by atoms with Gasteiger partial charge in [-0.1, -0.05) is 13.3 Å². The number of hydrogen-bond donors (Lipinski definition) is 1. The van der Waals surface area contributed by atoms with Crippen molar-refractivity contribution in [1.29, 1.82) is 0 Å². The molecule has 0 aromatic rings. The Hall–Kier alpha value is -0.570. The third-order valence-corrected chi connectivity index (χ3v) is 2.69. The average molecular weight is 200 g/mol. The fourth-order valence-corrected chi connectivity index (χ4v) is 1.90. The fraction of sp³-hybridized carbons (Fsp3) is 0.909. The van der Waals surface area contributed by atoms with Gasteiger partial charge >= 0.3 is 5.97 Å². The summed E-state index contributed by atoms with van der Waals surface area (Å²) in [6.07, 6.45) is 4.99. The minimum Gasteiger partial charge on any atom is -0.465 e. The fourth-order valence-electron chi connectivity index (χ4n) is 1.90. The highest BCUT2D eigenvalue weighted by atomic mass is 16.5. The number of carbonyl (C=O) groups excluding carboxylic acids is 1. The van der Waals surface area contributed by atoms with E-state index in [0.29, 0.717) is 18.9 Å². The number of hydrogen-bond acceptors (Lipinski definition) is 3. The van der Waals surface area contributed by atoms with E-state index >= 15 is 0 Å². The van der Waals surface area contributed by atoms with Gasteiger partial charge in [0.05, 0.1) is 12.7 Å². The quantitative estimate of drug-likeness (QED) is 0.705. The third kappa shape index (κ3) is 4.09. The zero-order chi connectivity index (χ0) is 10.4. The molecule has 1 saturated carbocycles. The van der Waals surface area contributed by atoms with Crippen molar-refractivity contribution in [1.82, 2.24) is 0 Å². The van der Waals surface area contributed by atoms with Gasteiger partial charge in [0.2, 0.25) is 0 Å². The lowest BCUT2D eigenvalue weighted by Crippen LogP contribution is -2.24. The lowest BCUT2D eigenvalue weighted by atomic mass is 9.88. The van der Waals surface area contributed by atoms with Crippen LogP contribution in [-0.4, -0.2) is 23.8 Å². The number of carbonyl (C=O) groups is 1. The van der Waals surface area contributed by atoms with Crippen LogP contribution in [0, 0.1) is 5.92 Å². The lowest BCUT2D eigenvalue weighted by molar-refractivity contribution is -0.145. The second-order valence-corrected chi connectivity index (χ2v) is 4.12. The summed E-state index contributed by atoms with van der Waals surface area (Å²) in [5.74, 6) is 0.270. The van der Waals surface area contributed by atoms with Gasteiger partial charge in [-0.3, -0.25) is 4.79 Å². The van der Waals surface area contributed by atoms with Crippen LogP contribution in [-0.2, 0) is 9.53 Å². The molecule has 0 spiro atoms. The molecule has 3 heteroatoms. The Balaban J connectivity index is 2.14. The number of rotatable bonds is 4. The van der Waals surface area contributed by atoms with E-state index in [1.807, 2.05) is 6.92 Å². The predicted molar refractivity (Wildman–Crippen MR) is 53.8 cm³/mol. The summed E-state index contributed by atoms with van der Waals surface area (Å²) in [4.78, 5) is 11.1. The van der Waals surface area contributed by atoms with Crippen molar-refractivity contribution in [3.63, 3.8) is 0 Å². The molecule has 2 unspecified atom stereocenters. The second-order valence-electron chi connectivity index (χ2n) is 4.12. The van der Waals surface area contributed by atoms with Gasteiger partial charge in [0.25, 0.3) is 0 Å². The summed E-state index contributed by atoms with van der Waals surface area (Å²) < 4.78 is 5.12. The molecular formula is C11H20O3. The van der Waals surface area contributed by atoms with Crippen molar-refractivity contribution < 1.29 is 14.6 Å². The topological polar surface area (TPSA) is 46.5 Å². The molecule has 0 bridgehead atoms. The first-order valence-electron chi connectivity index (χ1n) is 5.56. The van der Waals surface area contributed by atoms with Crippen LogP contribution in [0.1, 0.15) is 45.4 Å². The van der Waals surface area contributed by atoms with Gasteiger partial charge in [-0.25, -0.2) is 0 Å². The van der Waals surface area contributed by atoms with Gasteiger partial charge in [0.15, 0.2) is 0 Å². The van der Waals surface area contributed by atoms with Gasteiger partial charge in [0, 0.05) is 6.42 Å². The van der Waals surface area contributed by atoms with Crippen LogP contribution in [0.15, 0.2) is 0 Å². The van der Waals surface area contributed by atoms with E-state index < -0.39 is 0 Å². The molecule has 2 atom stereocenters. The molecule has 3 nitrogen and oxygen atoms in total. The van der Waals surface area contributed by atoms with E-state index in [1.165, 1.54) is 0 Å². The third-order valence-electron chi connectivity index (χ3n) is 2.69. The number of ether oxygens (including phenoxy) is 1. The van der Waals surface area contributed by atoms with Crippen LogP contribution in [0.3, 0.4) is 0 Å². The van der Waals surface area contributed by atoms with E-state index in [-0.39, 0.29) is 12.1 Å². The van der Waals surface area contributed by atoms with Crippen molar-refractivity contribution in [2.24, 2.45) is 5.92 Å². The molecule has 1 aliphatic carbocycles. The summed E-state index contributed by atoms with van der Waals surface area (Å²) in [6.45, 7) is 2.46. The van der Waals surface area contributed by atoms with Gasteiger partial charge in [0.1, 0.15) is 0 Å². The first kappa shape index (κ1) is 11.5. The Morgan fingerprint density at radius 3 is 2.93 bits per heavy atom. The molecule has 0 radical (unpaired) electrons. The Morgan fingerprint density at radius 1 is 1.50 bits per heavy atom. The van der Waals surface area contributed by atoms with Crippen LogP contribution in [0.5, 0.6) is 0 Å². The molecule has 0 heterocycles. The van der Waals surface area contributed by atoms with Crippen LogP contribution in [0.25, 0.3) is 0 Å². The molecule has 1 rings (SSSR count).